The molecule has 0 saturated carbocycles. The summed E-state index contributed by atoms with van der Waals surface area (Å²) >= 11 is 0. The van der Waals surface area contributed by atoms with E-state index in [-0.39, 0.29) is 0 Å². The minimum Gasteiger partial charge on any atom is -0.493 e. The van der Waals surface area contributed by atoms with Gasteiger partial charge in [-0.15, -0.1) is 0 Å². The van der Waals surface area contributed by atoms with Crippen LogP contribution in [-0.4, -0.2) is 52.6 Å². The lowest BCUT2D eigenvalue weighted by atomic mass is 10.1. The molecule has 0 bridgehead atoms. The number of esters is 1. The van der Waals surface area contributed by atoms with Crippen LogP contribution in [0, 0.1) is 0 Å². The van der Waals surface area contributed by atoms with E-state index in [9.17, 15) is 4.79 Å². The van der Waals surface area contributed by atoms with E-state index in [0.29, 0.717) is 29.3 Å². The molecule has 0 aliphatic heterocycles. The Balaban J connectivity index is 1.51. The van der Waals surface area contributed by atoms with E-state index in [2.05, 4.69) is 10.3 Å². The first-order valence-electron chi connectivity index (χ1n) is 11.1. The zero-order valence-corrected chi connectivity index (χ0v) is 19.7. The number of fused-ring (bicyclic) bond motifs is 2. The lowest BCUT2D eigenvalue weighted by molar-refractivity contribution is 0.0600. The van der Waals surface area contributed by atoms with Gasteiger partial charge >= 0.3 is 5.97 Å². The first-order valence-corrected chi connectivity index (χ1v) is 11.1. The number of rotatable bonds is 8. The Morgan fingerprint density at radius 1 is 0.971 bits per heavy atom. The lowest BCUT2D eigenvalue weighted by Gasteiger charge is -2.12. The number of benzene rings is 1. The molecule has 0 amide bonds. The van der Waals surface area contributed by atoms with E-state index in [1.807, 2.05) is 57.6 Å². The quantitative estimate of drug-likeness (QED) is 0.341. The Morgan fingerprint density at radius 2 is 1.80 bits per heavy atom. The fraction of sp³-hybridized carbons (Fsp3) is 0.192. The molecule has 178 valence electrons. The van der Waals surface area contributed by atoms with Crippen molar-refractivity contribution >= 4 is 23.1 Å². The van der Waals surface area contributed by atoms with Gasteiger partial charge in [0.25, 0.3) is 0 Å². The highest BCUT2D eigenvalue weighted by atomic mass is 16.5. The van der Waals surface area contributed by atoms with Crippen molar-refractivity contribution in [3.05, 3.63) is 78.4 Å². The smallest absolute Gasteiger partial charge is 0.339 e. The number of aromatic nitrogens is 4. The van der Waals surface area contributed by atoms with Crippen LogP contribution in [0.2, 0.25) is 0 Å². The SMILES string of the molecule is COC(=O)c1ccc2nc(-c3ccc4nccn4c3)c(NCCc3ccc(OC)c(OC)c3)n2c1. The van der Waals surface area contributed by atoms with Gasteiger partial charge in [-0.05, 0) is 48.4 Å². The summed E-state index contributed by atoms with van der Waals surface area (Å²) in [5.74, 6) is 1.76. The zero-order valence-electron chi connectivity index (χ0n) is 19.7. The number of nitrogens with zero attached hydrogens (tertiary/aromatic N) is 4. The van der Waals surface area contributed by atoms with Crippen molar-refractivity contribution in [2.45, 2.75) is 6.42 Å². The zero-order chi connectivity index (χ0) is 24.4. The molecular formula is C26H25N5O4. The van der Waals surface area contributed by atoms with Gasteiger partial charge in [-0.3, -0.25) is 4.40 Å². The van der Waals surface area contributed by atoms with E-state index in [1.54, 1.807) is 32.7 Å². The van der Waals surface area contributed by atoms with Crippen LogP contribution in [-0.2, 0) is 11.2 Å². The van der Waals surface area contributed by atoms with Crippen LogP contribution < -0.4 is 14.8 Å². The van der Waals surface area contributed by atoms with Crippen LogP contribution in [0.25, 0.3) is 22.6 Å². The molecule has 5 rings (SSSR count). The van der Waals surface area contributed by atoms with Crippen molar-refractivity contribution < 1.29 is 19.0 Å². The Bertz CT molecular complexity index is 1520. The lowest BCUT2D eigenvalue weighted by Crippen LogP contribution is -2.09. The fourth-order valence-electron chi connectivity index (χ4n) is 4.07. The van der Waals surface area contributed by atoms with Crippen molar-refractivity contribution in [3.63, 3.8) is 0 Å². The normalized spacial score (nSPS) is 11.1. The standard InChI is InChI=1S/C26H25N5O4/c1-33-20-7-4-17(14-21(20)34-2)10-11-28-25-24(18-5-8-22-27-12-13-30(22)15-18)29-23-9-6-19(16-31(23)25)26(32)35-3/h4-9,12-16,28H,10-11H2,1-3H3. The number of carbonyl (C=O) groups excluding carboxylic acids is 1. The molecule has 0 atom stereocenters. The van der Waals surface area contributed by atoms with Crippen molar-refractivity contribution in [2.24, 2.45) is 0 Å². The fourth-order valence-corrected chi connectivity index (χ4v) is 4.07. The highest BCUT2D eigenvalue weighted by Crippen LogP contribution is 2.30. The van der Waals surface area contributed by atoms with Crippen molar-refractivity contribution in [3.8, 4) is 22.8 Å². The average molecular weight is 472 g/mol. The van der Waals surface area contributed by atoms with Crippen molar-refractivity contribution in [1.82, 2.24) is 18.8 Å². The highest BCUT2D eigenvalue weighted by molar-refractivity contribution is 5.90. The van der Waals surface area contributed by atoms with Gasteiger partial charge in [0, 0.05) is 36.9 Å². The summed E-state index contributed by atoms with van der Waals surface area (Å²) < 4.78 is 19.5. The highest BCUT2D eigenvalue weighted by Gasteiger charge is 2.17. The predicted octanol–water partition coefficient (Wildman–Crippen LogP) is 4.11. The molecule has 1 aromatic carbocycles. The van der Waals surface area contributed by atoms with Crippen LogP contribution in [0.4, 0.5) is 5.82 Å². The molecule has 35 heavy (non-hydrogen) atoms. The second kappa shape index (κ2) is 9.38. The first kappa shape index (κ1) is 22.3. The molecule has 0 fully saturated rings. The van der Waals surface area contributed by atoms with E-state index in [4.69, 9.17) is 19.2 Å². The van der Waals surface area contributed by atoms with Crippen molar-refractivity contribution in [1.29, 1.82) is 0 Å². The molecule has 0 aliphatic carbocycles. The third-order valence-electron chi connectivity index (χ3n) is 5.86. The van der Waals surface area contributed by atoms with Gasteiger partial charge in [0.2, 0.25) is 0 Å². The largest absolute Gasteiger partial charge is 0.493 e. The molecule has 4 heterocycles. The molecule has 0 radical (unpaired) electrons. The molecule has 0 spiro atoms. The average Bonchev–Trinajstić information content (AvgIpc) is 3.51. The summed E-state index contributed by atoms with van der Waals surface area (Å²) in [7, 11) is 4.62. The molecule has 0 saturated heterocycles. The number of hydrogen-bond donors (Lipinski definition) is 1. The maximum Gasteiger partial charge on any atom is 0.339 e. The van der Waals surface area contributed by atoms with Crippen LogP contribution in [0.15, 0.2) is 67.3 Å². The Morgan fingerprint density at radius 3 is 2.60 bits per heavy atom. The molecule has 9 nitrogen and oxygen atoms in total. The van der Waals surface area contributed by atoms with E-state index >= 15 is 0 Å². The number of carbonyl (C=O) groups is 1. The van der Waals surface area contributed by atoms with Gasteiger partial charge in [-0.2, -0.15) is 0 Å². The topological polar surface area (TPSA) is 91.4 Å². The van der Waals surface area contributed by atoms with Gasteiger partial charge in [-0.25, -0.2) is 14.8 Å². The number of nitrogens with one attached hydrogen (secondary N) is 1. The van der Waals surface area contributed by atoms with E-state index < -0.39 is 5.97 Å². The molecule has 5 aromatic rings. The van der Waals surface area contributed by atoms with E-state index in [0.717, 1.165) is 34.7 Å². The van der Waals surface area contributed by atoms with Crippen LogP contribution >= 0.6 is 0 Å². The summed E-state index contributed by atoms with van der Waals surface area (Å²) in [5, 5.41) is 3.53. The van der Waals surface area contributed by atoms with Crippen LogP contribution in [0.3, 0.4) is 0 Å². The number of hydrogen-bond acceptors (Lipinski definition) is 7. The molecule has 1 N–H and O–H groups in total. The monoisotopic (exact) mass is 471 g/mol. The Labute approximate surface area is 201 Å². The van der Waals surface area contributed by atoms with E-state index in [1.165, 1.54) is 7.11 Å². The molecule has 4 aromatic heterocycles. The number of pyridine rings is 2. The Hall–Kier alpha value is -4.53. The van der Waals surface area contributed by atoms with Crippen LogP contribution in [0.5, 0.6) is 11.5 Å². The summed E-state index contributed by atoms with van der Waals surface area (Å²) in [5.41, 5.74) is 4.81. The van der Waals surface area contributed by atoms with Gasteiger partial charge in [0.1, 0.15) is 22.8 Å². The third-order valence-corrected chi connectivity index (χ3v) is 5.86. The minimum absolute atomic E-state index is 0.404. The molecule has 0 aliphatic rings. The number of anilines is 1. The second-order valence-corrected chi connectivity index (χ2v) is 7.92. The van der Waals surface area contributed by atoms with Gasteiger partial charge in [0.15, 0.2) is 11.5 Å². The second-order valence-electron chi connectivity index (χ2n) is 7.92. The van der Waals surface area contributed by atoms with Crippen LogP contribution in [0.1, 0.15) is 15.9 Å². The maximum atomic E-state index is 12.2. The summed E-state index contributed by atoms with van der Waals surface area (Å²) in [6, 6.07) is 13.3. The Kier molecular flexibility index (Phi) is 5.97. The van der Waals surface area contributed by atoms with Gasteiger partial charge in [-0.1, -0.05) is 6.07 Å². The minimum atomic E-state index is -0.404. The number of ether oxygens (including phenoxy) is 3. The van der Waals surface area contributed by atoms with Crippen molar-refractivity contribution in [2.75, 3.05) is 33.2 Å². The summed E-state index contributed by atoms with van der Waals surface area (Å²) in [4.78, 5) is 21.3. The predicted molar refractivity (Wildman–Crippen MR) is 132 cm³/mol. The summed E-state index contributed by atoms with van der Waals surface area (Å²) in [6.07, 6.45) is 8.13. The first-order chi connectivity index (χ1) is 17.1. The number of methoxy groups -OCH3 is 3. The third kappa shape index (κ3) is 4.23. The van der Waals surface area contributed by atoms with Gasteiger partial charge < -0.3 is 23.9 Å². The molecule has 9 heteroatoms. The number of imidazole rings is 2. The van der Waals surface area contributed by atoms with Gasteiger partial charge in [0.05, 0.1) is 26.9 Å². The molecule has 0 unspecified atom stereocenters. The maximum absolute atomic E-state index is 12.2. The summed E-state index contributed by atoms with van der Waals surface area (Å²) in [6.45, 7) is 0.631. The molecular weight excluding hydrogens is 446 g/mol.